The number of nitrogens with one attached hydrogen (secondary N) is 2. The van der Waals surface area contributed by atoms with E-state index in [1.165, 1.54) is 22.2 Å². The Hall–Kier alpha value is -2.71. The maximum atomic E-state index is 13.0. The molecule has 146 valence electrons. The molecular weight excluding hydrogens is 400 g/mol. The van der Waals surface area contributed by atoms with Gasteiger partial charge in [0.05, 0.1) is 11.7 Å². The van der Waals surface area contributed by atoms with Crippen LogP contribution in [0, 0.1) is 0 Å². The van der Waals surface area contributed by atoms with Gasteiger partial charge >= 0.3 is 0 Å². The second-order valence-corrected chi connectivity index (χ2v) is 7.49. The van der Waals surface area contributed by atoms with Gasteiger partial charge in [0.25, 0.3) is 5.56 Å². The molecule has 7 nitrogen and oxygen atoms in total. The van der Waals surface area contributed by atoms with Crippen LogP contribution in [0.3, 0.4) is 0 Å². The first-order valence-corrected chi connectivity index (χ1v) is 9.96. The van der Waals surface area contributed by atoms with E-state index >= 15 is 0 Å². The van der Waals surface area contributed by atoms with Crippen LogP contribution in [-0.2, 0) is 16.1 Å². The lowest BCUT2D eigenvalue weighted by atomic mass is 10.1. The van der Waals surface area contributed by atoms with Crippen molar-refractivity contribution in [1.82, 2.24) is 20.2 Å². The molecule has 1 aromatic carbocycles. The molecule has 9 heteroatoms. The summed E-state index contributed by atoms with van der Waals surface area (Å²) in [5, 5.41) is 8.15. The van der Waals surface area contributed by atoms with Crippen LogP contribution >= 0.6 is 22.9 Å². The van der Waals surface area contributed by atoms with Crippen molar-refractivity contribution in [3.8, 4) is 11.1 Å². The van der Waals surface area contributed by atoms with Crippen molar-refractivity contribution in [2.24, 2.45) is 0 Å². The number of aromatic nitrogens is 2. The van der Waals surface area contributed by atoms with Crippen molar-refractivity contribution in [2.75, 3.05) is 6.54 Å². The van der Waals surface area contributed by atoms with Gasteiger partial charge in [0.15, 0.2) is 0 Å². The normalized spacial score (nSPS) is 12.0. The lowest BCUT2D eigenvalue weighted by molar-refractivity contribution is -0.128. The van der Waals surface area contributed by atoms with Gasteiger partial charge < -0.3 is 10.6 Å². The van der Waals surface area contributed by atoms with Crippen LogP contribution in [0.15, 0.2) is 40.8 Å². The smallest absolute Gasteiger partial charge is 0.263 e. The fourth-order valence-corrected chi connectivity index (χ4v) is 3.79. The van der Waals surface area contributed by atoms with E-state index < -0.39 is 11.9 Å². The summed E-state index contributed by atoms with van der Waals surface area (Å²) in [7, 11) is 0. The average Bonchev–Trinajstić information content (AvgIpc) is 3.09. The highest BCUT2D eigenvalue weighted by Crippen LogP contribution is 2.31. The van der Waals surface area contributed by atoms with E-state index in [1.807, 2.05) is 17.5 Å². The molecular formula is C19H19ClN4O3S. The van der Waals surface area contributed by atoms with Gasteiger partial charge in [0.1, 0.15) is 17.4 Å². The molecule has 0 radical (unpaired) electrons. The largest absolute Gasteiger partial charge is 0.355 e. The fraction of sp³-hybridized carbons (Fsp3) is 0.263. The van der Waals surface area contributed by atoms with Crippen molar-refractivity contribution in [3.05, 3.63) is 51.3 Å². The van der Waals surface area contributed by atoms with E-state index in [9.17, 15) is 14.4 Å². The van der Waals surface area contributed by atoms with Crippen molar-refractivity contribution in [2.45, 2.75) is 26.4 Å². The minimum Gasteiger partial charge on any atom is -0.355 e. The monoisotopic (exact) mass is 418 g/mol. The van der Waals surface area contributed by atoms with Gasteiger partial charge in [-0.25, -0.2) is 4.98 Å². The standard InChI is InChI=1S/C19H19ClN4O3S/c1-3-21-17(26)11(2)23-15(25)8-24-10-22-18-16(19(24)27)14(9-28-18)12-4-6-13(20)7-5-12/h4-7,9-11H,3,8H2,1-2H3,(H,21,26)(H,23,25)/t11-/m0/s1. The lowest BCUT2D eigenvalue weighted by Gasteiger charge is -2.14. The summed E-state index contributed by atoms with van der Waals surface area (Å²) in [5.41, 5.74) is 1.29. The molecule has 0 fully saturated rings. The van der Waals surface area contributed by atoms with Crippen LogP contribution in [0.25, 0.3) is 21.3 Å². The van der Waals surface area contributed by atoms with E-state index in [4.69, 9.17) is 11.6 Å². The molecule has 0 aliphatic carbocycles. The number of hydrogen-bond acceptors (Lipinski definition) is 5. The first-order valence-electron chi connectivity index (χ1n) is 8.70. The van der Waals surface area contributed by atoms with Gasteiger partial charge in [0, 0.05) is 22.5 Å². The van der Waals surface area contributed by atoms with Gasteiger partial charge in [-0.3, -0.25) is 19.0 Å². The van der Waals surface area contributed by atoms with E-state index in [0.717, 1.165) is 11.1 Å². The Balaban J connectivity index is 1.87. The third-order valence-electron chi connectivity index (χ3n) is 4.15. The number of thiophene rings is 1. The molecule has 2 N–H and O–H groups in total. The second kappa shape index (κ2) is 8.53. The zero-order valence-electron chi connectivity index (χ0n) is 15.4. The molecule has 0 aliphatic heterocycles. The lowest BCUT2D eigenvalue weighted by Crippen LogP contribution is -2.46. The number of benzene rings is 1. The molecule has 0 unspecified atom stereocenters. The number of rotatable bonds is 6. The fourth-order valence-electron chi connectivity index (χ4n) is 2.76. The molecule has 2 aromatic heterocycles. The van der Waals surface area contributed by atoms with Crippen LogP contribution < -0.4 is 16.2 Å². The van der Waals surface area contributed by atoms with E-state index in [-0.39, 0.29) is 18.0 Å². The van der Waals surface area contributed by atoms with Crippen LogP contribution in [0.2, 0.25) is 5.02 Å². The Kier molecular flexibility index (Phi) is 6.11. The molecule has 0 bridgehead atoms. The topological polar surface area (TPSA) is 93.1 Å². The Bertz CT molecular complexity index is 1070. The first-order chi connectivity index (χ1) is 13.4. The Morgan fingerprint density at radius 1 is 1.29 bits per heavy atom. The quantitative estimate of drug-likeness (QED) is 0.642. The van der Waals surface area contributed by atoms with E-state index in [0.29, 0.717) is 21.8 Å². The molecule has 0 aliphatic rings. The highest BCUT2D eigenvalue weighted by atomic mass is 35.5. The van der Waals surface area contributed by atoms with Crippen LogP contribution in [0.4, 0.5) is 0 Å². The number of halogens is 1. The number of nitrogens with zero attached hydrogens (tertiary/aromatic N) is 2. The third kappa shape index (κ3) is 4.23. The molecule has 3 rings (SSSR count). The predicted octanol–water partition coefficient (Wildman–Crippen LogP) is 2.42. The Labute approximate surface area is 170 Å². The number of likely N-dealkylation sites (N-methyl/N-ethyl adjacent to an activating group) is 1. The molecule has 3 aromatic rings. The molecule has 0 saturated heterocycles. The van der Waals surface area contributed by atoms with Gasteiger partial charge in [-0.05, 0) is 31.5 Å². The number of hydrogen-bond donors (Lipinski definition) is 2. The van der Waals surface area contributed by atoms with Gasteiger partial charge in [-0.2, -0.15) is 0 Å². The zero-order chi connectivity index (χ0) is 20.3. The zero-order valence-corrected chi connectivity index (χ0v) is 16.9. The summed E-state index contributed by atoms with van der Waals surface area (Å²) in [6.07, 6.45) is 1.35. The molecule has 0 spiro atoms. The van der Waals surface area contributed by atoms with Crippen LogP contribution in [0.1, 0.15) is 13.8 Å². The summed E-state index contributed by atoms with van der Waals surface area (Å²) in [6, 6.07) is 6.49. The van der Waals surface area contributed by atoms with Crippen molar-refractivity contribution in [1.29, 1.82) is 0 Å². The Morgan fingerprint density at radius 3 is 2.68 bits per heavy atom. The minimum absolute atomic E-state index is 0.221. The van der Waals surface area contributed by atoms with E-state index in [2.05, 4.69) is 15.6 Å². The van der Waals surface area contributed by atoms with E-state index in [1.54, 1.807) is 26.0 Å². The number of carbonyl (C=O) groups is 2. The number of fused-ring (bicyclic) bond motifs is 1. The summed E-state index contributed by atoms with van der Waals surface area (Å²) in [6.45, 7) is 3.64. The Morgan fingerprint density at radius 2 is 2.00 bits per heavy atom. The van der Waals surface area contributed by atoms with Crippen molar-refractivity contribution >= 4 is 45.0 Å². The molecule has 1 atom stereocenters. The summed E-state index contributed by atoms with van der Waals surface area (Å²) < 4.78 is 1.24. The summed E-state index contributed by atoms with van der Waals surface area (Å²) in [5.74, 6) is -0.718. The maximum absolute atomic E-state index is 13.0. The van der Waals surface area contributed by atoms with Gasteiger partial charge in [0.2, 0.25) is 11.8 Å². The van der Waals surface area contributed by atoms with Gasteiger partial charge in [-0.1, -0.05) is 23.7 Å². The molecule has 2 heterocycles. The summed E-state index contributed by atoms with van der Waals surface area (Å²) >= 11 is 7.30. The number of carbonyl (C=O) groups excluding carboxylic acids is 2. The van der Waals surface area contributed by atoms with Crippen LogP contribution in [0.5, 0.6) is 0 Å². The number of amides is 2. The van der Waals surface area contributed by atoms with Gasteiger partial charge in [-0.15, -0.1) is 11.3 Å². The second-order valence-electron chi connectivity index (χ2n) is 6.20. The van der Waals surface area contributed by atoms with Crippen LogP contribution in [-0.4, -0.2) is 34.0 Å². The average molecular weight is 419 g/mol. The first kappa shape index (κ1) is 20.0. The third-order valence-corrected chi connectivity index (χ3v) is 5.29. The van der Waals surface area contributed by atoms with Crippen molar-refractivity contribution < 1.29 is 9.59 Å². The maximum Gasteiger partial charge on any atom is 0.263 e. The molecule has 0 saturated carbocycles. The summed E-state index contributed by atoms with van der Waals surface area (Å²) in [4.78, 5) is 41.9. The minimum atomic E-state index is -0.689. The highest BCUT2D eigenvalue weighted by Gasteiger charge is 2.17. The molecule has 2 amide bonds. The predicted molar refractivity (Wildman–Crippen MR) is 111 cm³/mol. The highest BCUT2D eigenvalue weighted by molar-refractivity contribution is 7.17. The SMILES string of the molecule is CCNC(=O)[C@H](C)NC(=O)Cn1cnc2scc(-c3ccc(Cl)cc3)c2c1=O. The van der Waals surface area contributed by atoms with Crippen molar-refractivity contribution in [3.63, 3.8) is 0 Å². The molecule has 28 heavy (non-hydrogen) atoms.